The lowest BCUT2D eigenvalue weighted by atomic mass is 9.70. The molecule has 2 rings (SSSR count). The van der Waals surface area contributed by atoms with Gasteiger partial charge in [-0.3, -0.25) is 9.36 Å². The number of rotatable bonds is 5. The molecule has 0 radical (unpaired) electrons. The van der Waals surface area contributed by atoms with Crippen LogP contribution in [0.1, 0.15) is 49.6 Å². The third-order valence-electron chi connectivity index (χ3n) is 4.46. The van der Waals surface area contributed by atoms with Crippen molar-refractivity contribution in [3.8, 4) is 0 Å². The molecule has 0 amide bonds. The first-order valence-electron chi connectivity index (χ1n) is 7.11. The van der Waals surface area contributed by atoms with Crippen LogP contribution >= 0.6 is 0 Å². The standard InChI is InChI=1S/C15H22N2O3/c1-10-12(5-6-13(18)19)11(2)17(14(20)16-10)9-15(3)7-4-8-15/h4-9H2,1-3H3,(H,18,19). The Labute approximate surface area is 118 Å². The normalized spacial score (nSPS) is 16.8. The number of aryl methyl sites for hydroxylation is 1. The third kappa shape index (κ3) is 2.92. The molecule has 0 atom stereocenters. The van der Waals surface area contributed by atoms with Gasteiger partial charge in [-0.25, -0.2) is 4.79 Å². The van der Waals surface area contributed by atoms with E-state index in [1.807, 2.05) is 6.92 Å². The van der Waals surface area contributed by atoms with Gasteiger partial charge in [0.15, 0.2) is 0 Å². The van der Waals surface area contributed by atoms with E-state index >= 15 is 0 Å². The molecule has 0 saturated heterocycles. The Bertz CT molecular complexity index is 586. The monoisotopic (exact) mass is 278 g/mol. The molecule has 0 aliphatic heterocycles. The van der Waals surface area contributed by atoms with Crippen LogP contribution in [0.3, 0.4) is 0 Å². The predicted molar refractivity (Wildman–Crippen MR) is 75.9 cm³/mol. The number of carboxylic acids is 1. The summed E-state index contributed by atoms with van der Waals surface area (Å²) in [5.74, 6) is -0.826. The molecule has 1 aliphatic rings. The minimum atomic E-state index is -0.826. The van der Waals surface area contributed by atoms with Gasteiger partial charge in [0, 0.05) is 24.4 Å². The second kappa shape index (κ2) is 5.38. The molecule has 1 heterocycles. The van der Waals surface area contributed by atoms with Gasteiger partial charge >= 0.3 is 11.7 Å². The maximum Gasteiger partial charge on any atom is 0.347 e. The Morgan fingerprint density at radius 2 is 2.05 bits per heavy atom. The average Bonchev–Trinajstić information content (AvgIpc) is 2.31. The summed E-state index contributed by atoms with van der Waals surface area (Å²) >= 11 is 0. The predicted octanol–water partition coefficient (Wildman–Crippen LogP) is 2.07. The zero-order chi connectivity index (χ0) is 14.9. The molecule has 1 aromatic rings. The first-order valence-corrected chi connectivity index (χ1v) is 7.11. The van der Waals surface area contributed by atoms with Crippen LogP contribution in [0.2, 0.25) is 0 Å². The molecule has 0 aromatic carbocycles. The van der Waals surface area contributed by atoms with Crippen molar-refractivity contribution in [1.82, 2.24) is 9.55 Å². The molecule has 1 N–H and O–H groups in total. The van der Waals surface area contributed by atoms with Crippen molar-refractivity contribution in [1.29, 1.82) is 0 Å². The van der Waals surface area contributed by atoms with E-state index in [2.05, 4.69) is 11.9 Å². The van der Waals surface area contributed by atoms with Crippen molar-refractivity contribution < 1.29 is 9.90 Å². The van der Waals surface area contributed by atoms with Crippen LogP contribution in [-0.2, 0) is 17.8 Å². The van der Waals surface area contributed by atoms with Crippen LogP contribution in [0, 0.1) is 19.3 Å². The second-order valence-corrected chi connectivity index (χ2v) is 6.19. The lowest BCUT2D eigenvalue weighted by Gasteiger charge is -2.39. The van der Waals surface area contributed by atoms with Crippen molar-refractivity contribution in [2.45, 2.75) is 59.4 Å². The molecule has 0 unspecified atom stereocenters. The lowest BCUT2D eigenvalue weighted by Crippen LogP contribution is -2.38. The van der Waals surface area contributed by atoms with Crippen LogP contribution in [0.5, 0.6) is 0 Å². The van der Waals surface area contributed by atoms with Crippen molar-refractivity contribution in [3.63, 3.8) is 0 Å². The maximum absolute atomic E-state index is 12.1. The van der Waals surface area contributed by atoms with Gasteiger partial charge in [0.05, 0.1) is 0 Å². The van der Waals surface area contributed by atoms with Gasteiger partial charge in [0.1, 0.15) is 0 Å². The quantitative estimate of drug-likeness (QED) is 0.895. The van der Waals surface area contributed by atoms with E-state index in [9.17, 15) is 9.59 Å². The van der Waals surface area contributed by atoms with Crippen LogP contribution in [0.4, 0.5) is 0 Å². The van der Waals surface area contributed by atoms with E-state index in [0.717, 1.165) is 24.1 Å². The van der Waals surface area contributed by atoms with Crippen LogP contribution < -0.4 is 5.69 Å². The molecule has 0 spiro atoms. The van der Waals surface area contributed by atoms with E-state index in [0.29, 0.717) is 18.7 Å². The van der Waals surface area contributed by atoms with E-state index < -0.39 is 5.97 Å². The summed E-state index contributed by atoms with van der Waals surface area (Å²) in [6.45, 7) is 6.56. The molecule has 1 fully saturated rings. The Hall–Kier alpha value is -1.65. The number of carboxylic acid groups (broad SMARTS) is 1. The molecule has 5 heteroatoms. The second-order valence-electron chi connectivity index (χ2n) is 6.19. The number of hydrogen-bond acceptors (Lipinski definition) is 3. The number of aromatic nitrogens is 2. The SMILES string of the molecule is Cc1nc(=O)n(CC2(C)CCC2)c(C)c1CCC(=O)O. The fraction of sp³-hybridized carbons (Fsp3) is 0.667. The fourth-order valence-corrected chi connectivity index (χ4v) is 2.94. The summed E-state index contributed by atoms with van der Waals surface area (Å²) in [5.41, 5.74) is 2.40. The van der Waals surface area contributed by atoms with Crippen LogP contribution in [0.15, 0.2) is 4.79 Å². The minimum absolute atomic E-state index is 0.0683. The highest BCUT2D eigenvalue weighted by Crippen LogP contribution is 2.41. The number of carbonyl (C=O) groups is 1. The van der Waals surface area contributed by atoms with Gasteiger partial charge in [-0.2, -0.15) is 4.98 Å². The van der Waals surface area contributed by atoms with E-state index in [4.69, 9.17) is 5.11 Å². The molecular weight excluding hydrogens is 256 g/mol. The summed E-state index contributed by atoms with van der Waals surface area (Å²) < 4.78 is 1.73. The van der Waals surface area contributed by atoms with E-state index in [-0.39, 0.29) is 17.5 Å². The van der Waals surface area contributed by atoms with Gasteiger partial charge in [-0.15, -0.1) is 0 Å². The Morgan fingerprint density at radius 3 is 2.55 bits per heavy atom. The Balaban J connectivity index is 2.33. The van der Waals surface area contributed by atoms with Crippen LogP contribution in [0.25, 0.3) is 0 Å². The highest BCUT2D eigenvalue weighted by molar-refractivity contribution is 5.67. The Kier molecular flexibility index (Phi) is 3.97. The molecule has 0 bridgehead atoms. The molecular formula is C15H22N2O3. The van der Waals surface area contributed by atoms with Crippen LogP contribution in [-0.4, -0.2) is 20.6 Å². The van der Waals surface area contributed by atoms with Gasteiger partial charge in [-0.1, -0.05) is 13.3 Å². The summed E-state index contributed by atoms with van der Waals surface area (Å²) in [6.07, 6.45) is 3.99. The average molecular weight is 278 g/mol. The zero-order valence-electron chi connectivity index (χ0n) is 12.4. The topological polar surface area (TPSA) is 72.2 Å². The van der Waals surface area contributed by atoms with Gasteiger partial charge < -0.3 is 5.11 Å². The first kappa shape index (κ1) is 14.8. The number of aliphatic carboxylic acids is 1. The fourth-order valence-electron chi connectivity index (χ4n) is 2.94. The molecule has 110 valence electrons. The number of hydrogen-bond donors (Lipinski definition) is 1. The molecule has 20 heavy (non-hydrogen) atoms. The largest absolute Gasteiger partial charge is 0.481 e. The molecule has 1 aliphatic carbocycles. The minimum Gasteiger partial charge on any atom is -0.481 e. The van der Waals surface area contributed by atoms with Crippen molar-refractivity contribution >= 4 is 5.97 Å². The first-order chi connectivity index (χ1) is 9.32. The lowest BCUT2D eigenvalue weighted by molar-refractivity contribution is -0.136. The summed E-state index contributed by atoms with van der Waals surface area (Å²) in [7, 11) is 0. The van der Waals surface area contributed by atoms with Gasteiger partial charge in [-0.05, 0) is 44.1 Å². The smallest absolute Gasteiger partial charge is 0.347 e. The molecule has 1 saturated carbocycles. The molecule has 1 aromatic heterocycles. The van der Waals surface area contributed by atoms with E-state index in [1.165, 1.54) is 6.42 Å². The zero-order valence-corrected chi connectivity index (χ0v) is 12.4. The number of nitrogens with zero attached hydrogens (tertiary/aromatic N) is 2. The highest BCUT2D eigenvalue weighted by atomic mass is 16.4. The highest BCUT2D eigenvalue weighted by Gasteiger charge is 2.33. The summed E-state index contributed by atoms with van der Waals surface area (Å²) in [5, 5.41) is 8.83. The van der Waals surface area contributed by atoms with Crippen molar-refractivity contribution in [2.24, 2.45) is 5.41 Å². The third-order valence-corrected chi connectivity index (χ3v) is 4.46. The van der Waals surface area contributed by atoms with Crippen molar-refractivity contribution in [2.75, 3.05) is 0 Å². The van der Waals surface area contributed by atoms with Gasteiger partial charge in [0.25, 0.3) is 0 Å². The summed E-state index contributed by atoms with van der Waals surface area (Å²) in [4.78, 5) is 26.9. The van der Waals surface area contributed by atoms with Gasteiger partial charge in [0.2, 0.25) is 0 Å². The van der Waals surface area contributed by atoms with Crippen molar-refractivity contribution in [3.05, 3.63) is 27.4 Å². The Morgan fingerprint density at radius 1 is 1.40 bits per heavy atom. The maximum atomic E-state index is 12.1. The van der Waals surface area contributed by atoms with E-state index in [1.54, 1.807) is 11.5 Å². The summed E-state index contributed by atoms with van der Waals surface area (Å²) in [6, 6.07) is 0. The molecule has 5 nitrogen and oxygen atoms in total.